The molecule has 0 atom stereocenters. The summed E-state index contributed by atoms with van der Waals surface area (Å²) in [5.74, 6) is 0. The number of rotatable bonds is 10. The molecule has 0 aliphatic carbocycles. The van der Waals surface area contributed by atoms with Gasteiger partial charge in [-0.15, -0.1) is 0 Å². The van der Waals surface area contributed by atoms with Crippen LogP contribution < -0.4 is 0 Å². The molecule has 1 rings (SSSR count). The first-order chi connectivity index (χ1) is 15.9. The fraction of sp³-hybridized carbons (Fsp3) is 0.733. The third-order valence-corrected chi connectivity index (χ3v) is 30.5. The number of hydrogen-bond donors (Lipinski definition) is 0. The fourth-order valence-corrected chi connectivity index (χ4v) is 36.5. The summed E-state index contributed by atoms with van der Waals surface area (Å²) in [7, 11) is -5.92. The summed E-state index contributed by atoms with van der Waals surface area (Å²) in [4.78, 5) is 0. The van der Waals surface area contributed by atoms with Crippen molar-refractivity contribution in [3.8, 4) is 0 Å². The van der Waals surface area contributed by atoms with Gasteiger partial charge in [0, 0.05) is 0 Å². The Labute approximate surface area is 244 Å². The molecule has 0 fully saturated rings. The first-order valence-electron chi connectivity index (χ1n) is 14.2. The van der Waals surface area contributed by atoms with Gasteiger partial charge in [0.05, 0.1) is 0 Å². The normalized spacial score (nSPS) is 15.1. The van der Waals surface area contributed by atoms with E-state index in [1.807, 2.05) is 0 Å². The molecule has 0 aliphatic rings. The minimum atomic E-state index is -1.48. The molecule has 1 aromatic carbocycles. The Hall–Kier alpha value is 0.850. The molecule has 0 heterocycles. The van der Waals surface area contributed by atoms with Crippen molar-refractivity contribution >= 4 is 65.5 Å². The summed E-state index contributed by atoms with van der Waals surface area (Å²) in [6.07, 6.45) is 2.34. The Bertz CT molecular complexity index is 845. The van der Waals surface area contributed by atoms with E-state index in [1.165, 1.54) is 6.42 Å². The van der Waals surface area contributed by atoms with Crippen LogP contribution in [0, 0.1) is 0 Å². The topological polar surface area (TPSA) is 0 Å². The predicted molar refractivity (Wildman–Crippen MR) is 186 cm³/mol. The maximum absolute atomic E-state index is 4.04. The molecule has 2 radical (unpaired) electrons. The van der Waals surface area contributed by atoms with Crippen LogP contribution in [0.25, 0.3) is 5.57 Å². The second-order valence-electron chi connectivity index (χ2n) is 16.4. The van der Waals surface area contributed by atoms with Crippen LogP contribution in [-0.4, -0.2) is 45.9 Å². The van der Waals surface area contributed by atoms with E-state index in [0.29, 0.717) is 0 Å². The van der Waals surface area contributed by atoms with Gasteiger partial charge >= 0.3 is 246 Å². The Balaban J connectivity index is 4.66. The molecule has 0 bridgehead atoms. The minimum absolute atomic E-state index is 0.155. The van der Waals surface area contributed by atoms with Gasteiger partial charge in [-0.3, -0.25) is 0 Å². The van der Waals surface area contributed by atoms with E-state index >= 15 is 0 Å². The van der Waals surface area contributed by atoms with E-state index in [1.54, 1.807) is 32.2 Å². The molecule has 0 saturated heterocycles. The van der Waals surface area contributed by atoms with Crippen molar-refractivity contribution in [1.29, 1.82) is 0 Å². The molecular weight excluding hydrogens is 625 g/mol. The monoisotopic (exact) mass is 684 g/mol. The van der Waals surface area contributed by atoms with Crippen molar-refractivity contribution in [2.24, 2.45) is 0 Å². The van der Waals surface area contributed by atoms with Crippen LogP contribution in [0.5, 0.6) is 0 Å². The summed E-state index contributed by atoms with van der Waals surface area (Å²) in [6, 6.07) is 5.45. The van der Waals surface area contributed by atoms with E-state index < -0.39 is 32.3 Å². The van der Waals surface area contributed by atoms with Gasteiger partial charge in [0.15, 0.2) is 0 Å². The third-order valence-electron chi connectivity index (χ3n) is 7.64. The molecule has 0 amide bonds. The molecular formula is C30H59BrGeSi4. The summed E-state index contributed by atoms with van der Waals surface area (Å²) >= 11 is 3.79. The van der Waals surface area contributed by atoms with Crippen LogP contribution in [0.4, 0.5) is 0 Å². The van der Waals surface area contributed by atoms with Crippen LogP contribution in [0.1, 0.15) is 80.0 Å². The summed E-state index contributed by atoms with van der Waals surface area (Å²) in [5, 5.41) is 1.50. The number of allylic oxidation sites excluding steroid dienone is 2. The maximum atomic E-state index is 4.04. The third kappa shape index (κ3) is 8.42. The van der Waals surface area contributed by atoms with Gasteiger partial charge in [0.25, 0.3) is 0 Å². The molecule has 0 unspecified atom stereocenters. The average molecular weight is 685 g/mol. The Morgan fingerprint density at radius 2 is 1.03 bits per heavy atom. The first-order valence-corrected chi connectivity index (χ1v) is 34.5. The molecule has 0 aromatic heterocycles. The number of hydrogen-bond acceptors (Lipinski definition) is 0. The molecule has 1 aromatic rings. The Kier molecular flexibility index (Phi) is 11.8. The number of benzene rings is 1. The van der Waals surface area contributed by atoms with Gasteiger partial charge in [-0.05, 0) is 0 Å². The van der Waals surface area contributed by atoms with Crippen LogP contribution in [-0.2, 0) is 5.41 Å². The Morgan fingerprint density at radius 3 is 1.22 bits per heavy atom. The fourth-order valence-electron chi connectivity index (χ4n) is 7.27. The Morgan fingerprint density at radius 1 is 0.694 bits per heavy atom. The van der Waals surface area contributed by atoms with Crippen molar-refractivity contribution in [3.63, 3.8) is 0 Å². The second kappa shape index (κ2) is 12.2. The van der Waals surface area contributed by atoms with Gasteiger partial charge in [0.2, 0.25) is 0 Å². The van der Waals surface area contributed by atoms with Crippen molar-refractivity contribution in [2.45, 2.75) is 142 Å². The molecule has 206 valence electrons. The molecule has 6 heteroatoms. The zero-order valence-corrected chi connectivity index (χ0v) is 34.8. The quantitative estimate of drug-likeness (QED) is 0.215. The molecule has 0 spiro atoms. The molecule has 0 saturated carbocycles. The summed E-state index contributed by atoms with van der Waals surface area (Å²) < 4.78 is 1.73. The zero-order valence-electron chi connectivity index (χ0n) is 27.1. The van der Waals surface area contributed by atoms with E-state index in [4.69, 9.17) is 0 Å². The van der Waals surface area contributed by atoms with Crippen LogP contribution in [0.2, 0.25) is 78.6 Å². The van der Waals surface area contributed by atoms with E-state index in [9.17, 15) is 0 Å². The van der Waals surface area contributed by atoms with Gasteiger partial charge in [-0.1, -0.05) is 0 Å². The van der Waals surface area contributed by atoms with Gasteiger partial charge in [-0.25, -0.2) is 0 Å². The van der Waals surface area contributed by atoms with E-state index in [2.05, 4.69) is 139 Å². The van der Waals surface area contributed by atoms with Crippen molar-refractivity contribution in [2.75, 3.05) is 0 Å². The van der Waals surface area contributed by atoms with E-state index in [-0.39, 0.29) is 19.0 Å². The SMILES string of the molecule is CC/[C]([Ge][Br])=C(\CC)c1c(C([Si](C)(C)C)[Si](C)(C)C)cc(C(C)(C)C)cc1C([Si](C)(C)C)[Si](C)(C)C. The molecule has 0 aliphatic heterocycles. The molecule has 0 N–H and O–H groups in total. The summed E-state index contributed by atoms with van der Waals surface area (Å²) in [5.41, 5.74) is 8.68. The van der Waals surface area contributed by atoms with Crippen molar-refractivity contribution < 1.29 is 0 Å². The predicted octanol–water partition coefficient (Wildman–Crippen LogP) is 11.2. The first kappa shape index (κ1) is 34.9. The van der Waals surface area contributed by atoms with Gasteiger partial charge in [-0.2, -0.15) is 0 Å². The average Bonchev–Trinajstić information content (AvgIpc) is 2.61. The van der Waals surface area contributed by atoms with Gasteiger partial charge in [0.1, 0.15) is 0 Å². The summed E-state index contributed by atoms with van der Waals surface area (Å²) in [6.45, 7) is 43.9. The van der Waals surface area contributed by atoms with E-state index in [0.717, 1.165) is 16.7 Å². The van der Waals surface area contributed by atoms with Crippen LogP contribution >= 0.6 is 14.0 Å². The van der Waals surface area contributed by atoms with Gasteiger partial charge < -0.3 is 0 Å². The standard InChI is InChI=1S/C30H59BrGeSi4/c1-18-23(26(19-2)32-31)27-24(28(33(6,7)8)34(9,10)11)20-22(30(3,4)5)21-25(27)29(35(12,13)14)36(15,16)17/h20-21,28-29H,18-19H2,1-17H3/b26-23-. The second-order valence-corrected chi connectivity index (χ2v) is 42.5. The molecule has 0 nitrogen and oxygen atoms in total. The number of halogens is 1. The zero-order chi connectivity index (χ0) is 28.7. The van der Waals surface area contributed by atoms with Crippen molar-refractivity contribution in [3.05, 3.63) is 38.8 Å². The van der Waals surface area contributed by atoms with Crippen LogP contribution in [0.15, 0.2) is 16.5 Å². The van der Waals surface area contributed by atoms with Crippen molar-refractivity contribution in [1.82, 2.24) is 0 Å². The van der Waals surface area contributed by atoms with Crippen LogP contribution in [0.3, 0.4) is 0 Å². The molecule has 36 heavy (non-hydrogen) atoms.